The van der Waals surface area contributed by atoms with Crippen molar-refractivity contribution in [1.82, 2.24) is 4.57 Å². The maximum atomic E-state index is 7.04. The van der Waals surface area contributed by atoms with Gasteiger partial charge in [-0.1, -0.05) is 82.3 Å². The molecular formula is C37H34N3OP+2. The summed E-state index contributed by atoms with van der Waals surface area (Å²) in [6, 6.07) is 33.2. The van der Waals surface area contributed by atoms with Gasteiger partial charge in [0, 0.05) is 33.7 Å². The van der Waals surface area contributed by atoms with E-state index in [1.165, 1.54) is 60.3 Å². The standard InChI is InChI=1S/C37H34N3OP/c1-23(2)26-15-9-16-27(24(3)4)35(26)39-22-32-30-18-8-12-25-13-11-21-40(34(25)30)42-36-29(28-14-6-7-20-33(28)41-42)17-10-19-31(36)37(39)38(32)5/h6-24H,1-5H3/q+2. The molecule has 42 heavy (non-hydrogen) atoms. The third-order valence-electron chi connectivity index (χ3n) is 8.84. The summed E-state index contributed by atoms with van der Waals surface area (Å²) in [5, 5.41) is 4.89. The second kappa shape index (κ2) is 9.31. The first kappa shape index (κ1) is 25.3. The Balaban J connectivity index is 1.72. The van der Waals surface area contributed by atoms with Crippen LogP contribution in [-0.2, 0) is 7.05 Å². The molecule has 1 atom stereocenters. The Labute approximate surface area is 246 Å². The first-order chi connectivity index (χ1) is 20.4. The molecule has 0 fully saturated rings. The van der Waals surface area contributed by atoms with Crippen LogP contribution in [0.4, 0.5) is 0 Å². The van der Waals surface area contributed by atoms with Crippen LogP contribution >= 0.6 is 7.92 Å². The zero-order valence-corrected chi connectivity index (χ0v) is 25.6. The Hall–Kier alpha value is -4.40. The van der Waals surface area contributed by atoms with Gasteiger partial charge in [-0.05, 0) is 42.2 Å². The minimum absolute atomic E-state index is 0.382. The molecule has 4 nitrogen and oxygen atoms in total. The first-order valence-electron chi connectivity index (χ1n) is 14.8. The molecule has 1 aliphatic rings. The average Bonchev–Trinajstić information content (AvgIpc) is 3.36. The minimum atomic E-state index is -1.22. The number of rotatable bonds is 3. The highest BCUT2D eigenvalue weighted by Gasteiger charge is 2.33. The van der Waals surface area contributed by atoms with Crippen molar-refractivity contribution < 1.29 is 13.3 Å². The van der Waals surface area contributed by atoms with Gasteiger partial charge < -0.3 is 4.52 Å². The van der Waals surface area contributed by atoms with Gasteiger partial charge in [-0.3, -0.25) is 0 Å². The van der Waals surface area contributed by atoms with Crippen LogP contribution in [0.3, 0.4) is 0 Å². The zero-order chi connectivity index (χ0) is 28.7. The second-order valence-electron chi connectivity index (χ2n) is 12.0. The molecule has 5 heteroatoms. The number of fused-ring (bicyclic) bond motifs is 7. The second-order valence-corrected chi connectivity index (χ2v) is 13.6. The third kappa shape index (κ3) is 3.48. The van der Waals surface area contributed by atoms with Crippen molar-refractivity contribution in [1.29, 1.82) is 0 Å². The van der Waals surface area contributed by atoms with E-state index >= 15 is 0 Å². The Morgan fingerprint density at radius 2 is 1.38 bits per heavy atom. The number of aryl methyl sites for hydroxylation is 1. The summed E-state index contributed by atoms with van der Waals surface area (Å²) in [7, 11) is 1.01. The van der Waals surface area contributed by atoms with Gasteiger partial charge in [-0.15, -0.1) is 4.16 Å². The molecule has 0 aliphatic carbocycles. The van der Waals surface area contributed by atoms with Gasteiger partial charge in [0.15, 0.2) is 11.7 Å². The summed E-state index contributed by atoms with van der Waals surface area (Å²) in [4.78, 5) is 0. The van der Waals surface area contributed by atoms with E-state index in [0.29, 0.717) is 11.8 Å². The van der Waals surface area contributed by atoms with Crippen LogP contribution in [0, 0.1) is 0 Å². The van der Waals surface area contributed by atoms with E-state index in [9.17, 15) is 0 Å². The number of pyridine rings is 1. The van der Waals surface area contributed by atoms with E-state index in [4.69, 9.17) is 4.52 Å². The molecule has 8 rings (SSSR count). The van der Waals surface area contributed by atoms with Gasteiger partial charge in [0.25, 0.3) is 5.65 Å². The highest BCUT2D eigenvalue weighted by atomic mass is 31.1. The van der Waals surface area contributed by atoms with Gasteiger partial charge in [0.1, 0.15) is 22.8 Å². The largest absolute Gasteiger partial charge is 0.396 e. The molecule has 0 N–H and O–H groups in total. The van der Waals surface area contributed by atoms with Gasteiger partial charge >= 0.3 is 7.92 Å². The van der Waals surface area contributed by atoms with Gasteiger partial charge in [0.05, 0.1) is 17.8 Å². The average molecular weight is 568 g/mol. The van der Waals surface area contributed by atoms with Crippen molar-refractivity contribution in [2.24, 2.45) is 7.05 Å². The lowest BCUT2D eigenvalue weighted by Gasteiger charge is -2.18. The number of hydrogen-bond acceptors (Lipinski definition) is 1. The monoisotopic (exact) mass is 567 g/mol. The number of aromatic nitrogens is 3. The number of benzene rings is 4. The number of nitrogens with zero attached hydrogens (tertiary/aromatic N) is 3. The van der Waals surface area contributed by atoms with E-state index in [2.05, 4.69) is 151 Å². The predicted molar refractivity (Wildman–Crippen MR) is 174 cm³/mol. The number of imidazole rings is 1. The van der Waals surface area contributed by atoms with Crippen LogP contribution in [0.5, 0.6) is 5.75 Å². The van der Waals surface area contributed by atoms with Crippen molar-refractivity contribution in [3.63, 3.8) is 0 Å². The quantitative estimate of drug-likeness (QED) is 0.195. The molecule has 4 aromatic carbocycles. The molecule has 7 aromatic rings. The Morgan fingerprint density at radius 1 is 0.714 bits per heavy atom. The van der Waals surface area contributed by atoms with Gasteiger partial charge in [-0.2, -0.15) is 4.57 Å². The van der Waals surface area contributed by atoms with E-state index in [-0.39, 0.29) is 0 Å². The molecule has 1 unspecified atom stereocenters. The van der Waals surface area contributed by atoms with Crippen LogP contribution in [0.15, 0.2) is 103 Å². The predicted octanol–water partition coefficient (Wildman–Crippen LogP) is 9.12. The molecule has 4 heterocycles. The van der Waals surface area contributed by atoms with Gasteiger partial charge in [-0.25, -0.2) is 4.57 Å². The van der Waals surface area contributed by atoms with Crippen LogP contribution in [0.2, 0.25) is 0 Å². The highest BCUT2D eigenvalue weighted by molar-refractivity contribution is 7.44. The summed E-state index contributed by atoms with van der Waals surface area (Å²) in [5.41, 5.74) is 10.00. The molecule has 206 valence electrons. The highest BCUT2D eigenvalue weighted by Crippen LogP contribution is 2.50. The smallest absolute Gasteiger partial charge is 0.357 e. The topological polar surface area (TPSA) is 22.1 Å². The van der Waals surface area contributed by atoms with Crippen LogP contribution in [0.25, 0.3) is 54.8 Å². The molecular weight excluding hydrogens is 533 g/mol. The maximum absolute atomic E-state index is 7.04. The Morgan fingerprint density at radius 3 is 2.17 bits per heavy atom. The van der Waals surface area contributed by atoms with Crippen molar-refractivity contribution in [3.8, 4) is 22.6 Å². The fourth-order valence-electron chi connectivity index (χ4n) is 6.89. The lowest BCUT2D eigenvalue weighted by Crippen LogP contribution is -2.28. The summed E-state index contributed by atoms with van der Waals surface area (Å²) in [5.74, 6) is 1.71. The third-order valence-corrected chi connectivity index (χ3v) is 10.8. The van der Waals surface area contributed by atoms with E-state index in [0.717, 1.165) is 11.3 Å². The Kier molecular flexibility index (Phi) is 5.61. The molecule has 0 saturated carbocycles. The Bertz CT molecular complexity index is 2220. The fourth-order valence-corrected chi connectivity index (χ4v) is 9.01. The molecule has 3 aromatic heterocycles. The first-order valence-corrected chi connectivity index (χ1v) is 16.0. The van der Waals surface area contributed by atoms with Crippen molar-refractivity contribution in [2.75, 3.05) is 0 Å². The minimum Gasteiger partial charge on any atom is -0.396 e. The molecule has 0 spiro atoms. The van der Waals surface area contributed by atoms with Crippen molar-refractivity contribution >= 4 is 45.9 Å². The van der Waals surface area contributed by atoms with E-state index in [1.807, 2.05) is 0 Å². The summed E-state index contributed by atoms with van der Waals surface area (Å²) in [6.07, 6.45) is 4.58. The molecule has 1 aliphatic heterocycles. The van der Waals surface area contributed by atoms with Gasteiger partial charge in [0.2, 0.25) is 5.52 Å². The summed E-state index contributed by atoms with van der Waals surface area (Å²) >= 11 is 0. The van der Waals surface area contributed by atoms with Crippen molar-refractivity contribution in [3.05, 3.63) is 115 Å². The van der Waals surface area contributed by atoms with E-state index < -0.39 is 7.92 Å². The van der Waals surface area contributed by atoms with Crippen LogP contribution in [-0.4, -0.2) is 4.57 Å². The van der Waals surface area contributed by atoms with E-state index in [1.54, 1.807) is 0 Å². The lowest BCUT2D eigenvalue weighted by molar-refractivity contribution is -0.617. The molecule has 2 bridgehead atoms. The van der Waals surface area contributed by atoms with Crippen LogP contribution in [0.1, 0.15) is 50.7 Å². The number of para-hydroxylation sites is 3. The maximum Gasteiger partial charge on any atom is 0.357 e. The fraction of sp³-hybridized carbons (Fsp3) is 0.189. The number of hydrogen-bond donors (Lipinski definition) is 0. The zero-order valence-electron chi connectivity index (χ0n) is 24.7. The summed E-state index contributed by atoms with van der Waals surface area (Å²) in [6.45, 7) is 9.22. The summed E-state index contributed by atoms with van der Waals surface area (Å²) < 4.78 is 14.3. The molecule has 0 saturated heterocycles. The molecule has 0 radical (unpaired) electrons. The molecule has 0 amide bonds. The van der Waals surface area contributed by atoms with Crippen LogP contribution < -0.4 is 13.3 Å². The lowest BCUT2D eigenvalue weighted by atomic mass is 9.92. The van der Waals surface area contributed by atoms with Crippen molar-refractivity contribution in [2.45, 2.75) is 39.5 Å². The normalized spacial score (nSPS) is 13.0. The SMILES string of the molecule is CC(C)c1cccc(C(C)C)c1-n1cc2c3cccc4ccc[n+](c43)p3c4c(cccc4c1[n+]2C)-c1ccccc1O3.